The van der Waals surface area contributed by atoms with Crippen molar-refractivity contribution in [1.82, 2.24) is 18.8 Å². The summed E-state index contributed by atoms with van der Waals surface area (Å²) in [5, 5.41) is 0. The molecule has 0 saturated heterocycles. The van der Waals surface area contributed by atoms with Gasteiger partial charge in [-0.3, -0.25) is 4.79 Å². The molecular weight excluding hydrogens is 376 g/mol. The van der Waals surface area contributed by atoms with Crippen molar-refractivity contribution in [2.24, 2.45) is 0 Å². The average Bonchev–Trinajstić information content (AvgIpc) is 2.95. The van der Waals surface area contributed by atoms with Gasteiger partial charge >= 0.3 is 0 Å². The van der Waals surface area contributed by atoms with Gasteiger partial charge in [0.2, 0.25) is 15.9 Å². The molecule has 0 saturated carbocycles. The molecular formula is C20H32N4O3S. The molecule has 2 rings (SSSR count). The number of sulfonamides is 1. The summed E-state index contributed by atoms with van der Waals surface area (Å²) in [7, 11) is -0.491. The second-order valence-corrected chi connectivity index (χ2v) is 9.85. The molecule has 0 radical (unpaired) electrons. The SMILES string of the molecule is CCn1c(CCC(=O)N(C(C)C)C(C)C)nc2cc(S(=O)(=O)N(C)C)ccc21. The Labute approximate surface area is 168 Å². The van der Waals surface area contributed by atoms with Gasteiger partial charge in [-0.15, -0.1) is 0 Å². The summed E-state index contributed by atoms with van der Waals surface area (Å²) in [5.41, 5.74) is 1.52. The number of imidazole rings is 1. The number of amides is 1. The van der Waals surface area contributed by atoms with Gasteiger partial charge in [-0.25, -0.2) is 17.7 Å². The highest BCUT2D eigenvalue weighted by atomic mass is 32.2. The minimum Gasteiger partial charge on any atom is -0.338 e. The van der Waals surface area contributed by atoms with Crippen molar-refractivity contribution in [3.05, 3.63) is 24.0 Å². The van der Waals surface area contributed by atoms with Crippen LogP contribution in [0.2, 0.25) is 0 Å². The maximum atomic E-state index is 12.7. The van der Waals surface area contributed by atoms with E-state index in [0.717, 1.165) is 11.3 Å². The summed E-state index contributed by atoms with van der Waals surface area (Å²) in [6.07, 6.45) is 0.898. The fourth-order valence-corrected chi connectivity index (χ4v) is 4.52. The quantitative estimate of drug-likeness (QED) is 0.673. The minimum absolute atomic E-state index is 0.107. The number of benzene rings is 1. The number of aryl methyl sites for hydroxylation is 2. The minimum atomic E-state index is -3.51. The van der Waals surface area contributed by atoms with Crippen LogP contribution in [-0.2, 0) is 27.8 Å². The first kappa shape index (κ1) is 22.4. The van der Waals surface area contributed by atoms with Gasteiger partial charge in [0.1, 0.15) is 5.82 Å². The number of nitrogens with zero attached hydrogens (tertiary/aromatic N) is 4. The maximum absolute atomic E-state index is 12.7. The highest BCUT2D eigenvalue weighted by Crippen LogP contribution is 2.23. The number of hydrogen-bond donors (Lipinski definition) is 0. The van der Waals surface area contributed by atoms with Crippen molar-refractivity contribution in [2.45, 2.75) is 71.0 Å². The van der Waals surface area contributed by atoms with E-state index < -0.39 is 10.0 Å². The number of hydrogen-bond acceptors (Lipinski definition) is 4. The molecule has 0 aliphatic carbocycles. The van der Waals surface area contributed by atoms with Crippen molar-refractivity contribution in [2.75, 3.05) is 14.1 Å². The van der Waals surface area contributed by atoms with Crippen LogP contribution in [0.25, 0.3) is 11.0 Å². The number of carbonyl (C=O) groups excluding carboxylic acids is 1. The Morgan fingerprint density at radius 2 is 1.75 bits per heavy atom. The van der Waals surface area contributed by atoms with Crippen molar-refractivity contribution in [1.29, 1.82) is 0 Å². The van der Waals surface area contributed by atoms with Crippen LogP contribution in [0.15, 0.2) is 23.1 Å². The molecule has 0 bridgehead atoms. The van der Waals surface area contributed by atoms with E-state index in [1.807, 2.05) is 44.1 Å². The Balaban J connectivity index is 2.34. The van der Waals surface area contributed by atoms with Crippen LogP contribution in [-0.4, -0.2) is 59.3 Å². The molecule has 0 N–H and O–H groups in total. The predicted molar refractivity (Wildman–Crippen MR) is 112 cm³/mol. The van der Waals surface area contributed by atoms with E-state index in [1.165, 1.54) is 18.4 Å². The molecule has 8 heteroatoms. The van der Waals surface area contributed by atoms with Crippen molar-refractivity contribution in [3.8, 4) is 0 Å². The Hall–Kier alpha value is -1.93. The molecule has 1 amide bonds. The van der Waals surface area contributed by atoms with Crippen LogP contribution in [0.1, 0.15) is 46.9 Å². The highest BCUT2D eigenvalue weighted by Gasteiger charge is 2.22. The monoisotopic (exact) mass is 408 g/mol. The molecule has 0 unspecified atom stereocenters. The van der Waals surface area contributed by atoms with Gasteiger partial charge in [-0.1, -0.05) is 0 Å². The average molecular weight is 409 g/mol. The molecule has 2 aromatic rings. The molecule has 1 aromatic heterocycles. The second-order valence-electron chi connectivity index (χ2n) is 7.70. The van der Waals surface area contributed by atoms with E-state index in [1.54, 1.807) is 18.2 Å². The molecule has 0 fully saturated rings. The lowest BCUT2D eigenvalue weighted by Crippen LogP contribution is -2.42. The zero-order valence-corrected chi connectivity index (χ0v) is 18.7. The van der Waals surface area contributed by atoms with Gasteiger partial charge in [0, 0.05) is 45.6 Å². The smallest absolute Gasteiger partial charge is 0.242 e. The van der Waals surface area contributed by atoms with Crippen LogP contribution < -0.4 is 0 Å². The third-order valence-electron chi connectivity index (χ3n) is 4.86. The second kappa shape index (κ2) is 8.61. The highest BCUT2D eigenvalue weighted by molar-refractivity contribution is 7.89. The van der Waals surface area contributed by atoms with E-state index in [4.69, 9.17) is 0 Å². The molecule has 0 aliphatic heterocycles. The van der Waals surface area contributed by atoms with E-state index in [9.17, 15) is 13.2 Å². The van der Waals surface area contributed by atoms with Crippen LogP contribution in [0.3, 0.4) is 0 Å². The van der Waals surface area contributed by atoms with Crippen LogP contribution in [0.5, 0.6) is 0 Å². The largest absolute Gasteiger partial charge is 0.338 e. The summed E-state index contributed by atoms with van der Waals surface area (Å²) in [4.78, 5) is 19.4. The molecule has 156 valence electrons. The van der Waals surface area contributed by atoms with Gasteiger partial charge in [0.15, 0.2) is 0 Å². The topological polar surface area (TPSA) is 75.5 Å². The van der Waals surface area contributed by atoms with Gasteiger partial charge < -0.3 is 9.47 Å². The molecule has 1 aromatic carbocycles. The van der Waals surface area contributed by atoms with Crippen LogP contribution in [0.4, 0.5) is 0 Å². The van der Waals surface area contributed by atoms with E-state index >= 15 is 0 Å². The van der Waals surface area contributed by atoms with Gasteiger partial charge in [-0.05, 0) is 52.8 Å². The lowest BCUT2D eigenvalue weighted by molar-refractivity contribution is -0.134. The Kier molecular flexibility index (Phi) is 6.88. The van der Waals surface area contributed by atoms with E-state index in [0.29, 0.717) is 24.9 Å². The third kappa shape index (κ3) is 4.38. The first-order valence-electron chi connectivity index (χ1n) is 9.73. The molecule has 0 atom stereocenters. The fraction of sp³-hybridized carbons (Fsp3) is 0.600. The number of aromatic nitrogens is 2. The van der Waals surface area contributed by atoms with Crippen LogP contribution in [0, 0.1) is 0 Å². The number of fused-ring (bicyclic) bond motifs is 1. The molecule has 0 aliphatic rings. The van der Waals surface area contributed by atoms with Crippen molar-refractivity contribution < 1.29 is 13.2 Å². The van der Waals surface area contributed by atoms with Crippen molar-refractivity contribution >= 4 is 27.0 Å². The third-order valence-corrected chi connectivity index (χ3v) is 6.67. The van der Waals surface area contributed by atoms with Gasteiger partial charge in [0.05, 0.1) is 15.9 Å². The lowest BCUT2D eigenvalue weighted by atomic mass is 10.2. The fourth-order valence-electron chi connectivity index (χ4n) is 3.59. The van der Waals surface area contributed by atoms with Crippen LogP contribution >= 0.6 is 0 Å². The van der Waals surface area contributed by atoms with Gasteiger partial charge in [-0.2, -0.15) is 0 Å². The maximum Gasteiger partial charge on any atom is 0.242 e. The van der Waals surface area contributed by atoms with Crippen molar-refractivity contribution in [3.63, 3.8) is 0 Å². The first-order valence-corrected chi connectivity index (χ1v) is 11.2. The number of rotatable bonds is 8. The molecule has 0 spiro atoms. The summed E-state index contributed by atoms with van der Waals surface area (Å²) in [6, 6.07) is 5.31. The molecule has 7 nitrogen and oxygen atoms in total. The Morgan fingerprint density at radius 1 is 1.14 bits per heavy atom. The first-order chi connectivity index (χ1) is 13.0. The Morgan fingerprint density at radius 3 is 2.25 bits per heavy atom. The van der Waals surface area contributed by atoms with E-state index in [2.05, 4.69) is 4.98 Å². The predicted octanol–water partition coefficient (Wildman–Crippen LogP) is 2.88. The lowest BCUT2D eigenvalue weighted by Gasteiger charge is -2.30. The zero-order chi connectivity index (χ0) is 21.2. The normalized spacial score (nSPS) is 12.5. The number of carbonyl (C=O) groups is 1. The molecule has 28 heavy (non-hydrogen) atoms. The summed E-state index contributed by atoms with van der Waals surface area (Å²) in [6.45, 7) is 10.8. The summed E-state index contributed by atoms with van der Waals surface area (Å²) < 4.78 is 28.0. The zero-order valence-electron chi connectivity index (χ0n) is 17.9. The summed E-state index contributed by atoms with van der Waals surface area (Å²) >= 11 is 0. The summed E-state index contributed by atoms with van der Waals surface area (Å²) in [5.74, 6) is 0.910. The van der Waals surface area contributed by atoms with E-state index in [-0.39, 0.29) is 22.9 Å². The Bertz CT molecular complexity index is 938. The molecule has 1 heterocycles. The standard InChI is InChI=1S/C20H32N4O3S/c1-8-23-18-10-9-16(28(26,27)22(6)7)13-17(18)21-19(23)11-12-20(25)24(14(2)3)15(4)5/h9-10,13-15H,8,11-12H2,1-7H3. The van der Waals surface area contributed by atoms with Gasteiger partial charge in [0.25, 0.3) is 0 Å².